The van der Waals surface area contributed by atoms with E-state index >= 15 is 0 Å². The Hall–Kier alpha value is -2.71. The van der Waals surface area contributed by atoms with Gasteiger partial charge in [0.2, 0.25) is 5.89 Å². The minimum absolute atomic E-state index is 0.115. The highest BCUT2D eigenvalue weighted by Crippen LogP contribution is 2.38. The van der Waals surface area contributed by atoms with E-state index in [2.05, 4.69) is 46.1 Å². The van der Waals surface area contributed by atoms with Crippen molar-refractivity contribution in [3.63, 3.8) is 0 Å². The molecule has 0 aliphatic rings. The second-order valence-corrected chi connectivity index (χ2v) is 9.94. The summed E-state index contributed by atoms with van der Waals surface area (Å²) in [5.74, 6) is 1.95. The molecule has 0 saturated heterocycles. The summed E-state index contributed by atoms with van der Waals surface area (Å²) in [4.78, 5) is 8.70. The van der Waals surface area contributed by atoms with E-state index in [-0.39, 0.29) is 10.7 Å². The van der Waals surface area contributed by atoms with Crippen molar-refractivity contribution < 1.29 is 4.52 Å². The van der Waals surface area contributed by atoms with Crippen LogP contribution >= 0.6 is 23.4 Å². The maximum Gasteiger partial charge on any atom is 0.239 e. The second kappa shape index (κ2) is 8.43. The van der Waals surface area contributed by atoms with Crippen LogP contribution in [0.3, 0.4) is 0 Å². The van der Waals surface area contributed by atoms with Crippen molar-refractivity contribution in [3.8, 4) is 17.1 Å². The number of benzene rings is 1. The SMILES string of the molecule is Cc1c(Cl)cccc1-n1c(SC(C)c2nc(C(C)(C)C)no2)nnc1-c1ccncc1. The number of aromatic nitrogens is 6. The third-order valence-electron chi connectivity index (χ3n) is 4.79. The maximum absolute atomic E-state index is 6.42. The van der Waals surface area contributed by atoms with Crippen LogP contribution in [0.15, 0.2) is 52.4 Å². The number of pyridine rings is 1. The molecule has 1 atom stereocenters. The molecule has 0 amide bonds. The highest BCUT2D eigenvalue weighted by molar-refractivity contribution is 7.99. The van der Waals surface area contributed by atoms with Gasteiger partial charge in [-0.05, 0) is 43.7 Å². The fourth-order valence-electron chi connectivity index (χ4n) is 3.00. The third kappa shape index (κ3) is 4.36. The predicted molar refractivity (Wildman–Crippen MR) is 122 cm³/mol. The number of hydrogen-bond acceptors (Lipinski definition) is 7. The third-order valence-corrected chi connectivity index (χ3v) is 6.23. The largest absolute Gasteiger partial charge is 0.338 e. The van der Waals surface area contributed by atoms with Crippen molar-refractivity contribution in [2.24, 2.45) is 0 Å². The van der Waals surface area contributed by atoms with E-state index in [1.807, 2.05) is 48.7 Å². The molecular weight excluding hydrogens is 432 g/mol. The molecule has 1 unspecified atom stereocenters. The van der Waals surface area contributed by atoms with Crippen LogP contribution < -0.4 is 0 Å². The van der Waals surface area contributed by atoms with Gasteiger partial charge >= 0.3 is 0 Å². The van der Waals surface area contributed by atoms with Gasteiger partial charge in [0.1, 0.15) is 0 Å². The Bertz CT molecular complexity index is 1200. The molecule has 9 heteroatoms. The molecule has 1 aromatic carbocycles. The lowest BCUT2D eigenvalue weighted by atomic mass is 9.96. The topological polar surface area (TPSA) is 82.5 Å². The van der Waals surface area contributed by atoms with Gasteiger partial charge in [-0.3, -0.25) is 9.55 Å². The molecule has 3 heterocycles. The molecule has 31 heavy (non-hydrogen) atoms. The van der Waals surface area contributed by atoms with E-state index < -0.39 is 0 Å². The van der Waals surface area contributed by atoms with Gasteiger partial charge in [0.25, 0.3) is 0 Å². The Kier molecular flexibility index (Phi) is 5.85. The molecule has 160 valence electrons. The van der Waals surface area contributed by atoms with Crippen molar-refractivity contribution in [1.82, 2.24) is 29.9 Å². The van der Waals surface area contributed by atoms with Crippen LogP contribution in [0.4, 0.5) is 0 Å². The van der Waals surface area contributed by atoms with E-state index in [9.17, 15) is 0 Å². The van der Waals surface area contributed by atoms with Crippen molar-refractivity contribution in [2.75, 3.05) is 0 Å². The molecular formula is C22H23ClN6OS. The summed E-state index contributed by atoms with van der Waals surface area (Å²) in [6.45, 7) is 10.2. The van der Waals surface area contributed by atoms with Crippen molar-refractivity contribution >= 4 is 23.4 Å². The molecule has 4 aromatic rings. The van der Waals surface area contributed by atoms with E-state index in [4.69, 9.17) is 16.1 Å². The van der Waals surface area contributed by atoms with Crippen molar-refractivity contribution in [2.45, 2.75) is 50.4 Å². The first kappa shape index (κ1) is 21.5. The molecule has 7 nitrogen and oxygen atoms in total. The molecule has 3 aromatic heterocycles. The molecule has 0 fully saturated rings. The summed E-state index contributed by atoms with van der Waals surface area (Å²) in [5.41, 5.74) is 2.59. The van der Waals surface area contributed by atoms with Crippen LogP contribution in [-0.4, -0.2) is 29.9 Å². The minimum atomic E-state index is -0.182. The number of nitrogens with zero attached hydrogens (tertiary/aromatic N) is 6. The van der Waals surface area contributed by atoms with Gasteiger partial charge in [0, 0.05) is 28.4 Å². The normalized spacial score (nSPS) is 12.8. The lowest BCUT2D eigenvalue weighted by molar-refractivity contribution is 0.364. The summed E-state index contributed by atoms with van der Waals surface area (Å²) >= 11 is 7.93. The smallest absolute Gasteiger partial charge is 0.239 e. The van der Waals surface area contributed by atoms with Gasteiger partial charge in [-0.25, -0.2) is 0 Å². The van der Waals surface area contributed by atoms with Crippen molar-refractivity contribution in [1.29, 1.82) is 0 Å². The average Bonchev–Trinajstić information content (AvgIpc) is 3.38. The summed E-state index contributed by atoms with van der Waals surface area (Å²) in [5, 5.41) is 14.4. The zero-order valence-electron chi connectivity index (χ0n) is 18.0. The van der Waals surface area contributed by atoms with Gasteiger partial charge in [-0.15, -0.1) is 10.2 Å². The van der Waals surface area contributed by atoms with Gasteiger partial charge < -0.3 is 4.52 Å². The standard InChI is InChI=1S/C22H23ClN6OS/c1-13-16(23)7-6-8-17(13)29-18(15-9-11-24-12-10-15)26-27-21(29)31-14(2)19-25-20(28-30-19)22(3,4)5/h6-12,14H,1-5H3. The van der Waals surface area contributed by atoms with E-state index in [0.717, 1.165) is 16.8 Å². The monoisotopic (exact) mass is 454 g/mol. The lowest BCUT2D eigenvalue weighted by Crippen LogP contribution is -2.13. The second-order valence-electron chi connectivity index (χ2n) is 8.23. The predicted octanol–water partition coefficient (Wildman–Crippen LogP) is 5.82. The molecule has 0 radical (unpaired) electrons. The average molecular weight is 455 g/mol. The molecule has 0 spiro atoms. The highest BCUT2D eigenvalue weighted by Gasteiger charge is 2.26. The number of thioether (sulfide) groups is 1. The van der Waals surface area contributed by atoms with Crippen LogP contribution in [0.25, 0.3) is 17.1 Å². The number of rotatable bonds is 5. The summed E-state index contributed by atoms with van der Waals surface area (Å²) in [6.07, 6.45) is 3.47. The Labute approximate surface area is 190 Å². The first-order valence-electron chi connectivity index (χ1n) is 9.87. The zero-order valence-corrected chi connectivity index (χ0v) is 19.6. The summed E-state index contributed by atoms with van der Waals surface area (Å²) < 4.78 is 7.55. The van der Waals surface area contributed by atoms with E-state index in [1.165, 1.54) is 11.8 Å². The molecule has 4 rings (SSSR count). The fourth-order valence-corrected chi connectivity index (χ4v) is 4.06. The first-order valence-corrected chi connectivity index (χ1v) is 11.1. The van der Waals surface area contributed by atoms with Crippen molar-refractivity contribution in [3.05, 3.63) is 65.0 Å². The number of hydrogen-bond donors (Lipinski definition) is 0. The zero-order chi connectivity index (χ0) is 22.2. The molecule has 0 bridgehead atoms. The molecule has 0 N–H and O–H groups in total. The molecule has 0 aliphatic carbocycles. The minimum Gasteiger partial charge on any atom is -0.338 e. The van der Waals surface area contributed by atoms with Crippen LogP contribution in [0.5, 0.6) is 0 Å². The fraction of sp³-hybridized carbons (Fsp3) is 0.318. The Morgan fingerprint density at radius 2 is 1.84 bits per heavy atom. The van der Waals surface area contributed by atoms with E-state index in [1.54, 1.807) is 12.4 Å². The van der Waals surface area contributed by atoms with Gasteiger partial charge in [0.15, 0.2) is 16.8 Å². The Balaban J connectivity index is 1.77. The van der Waals surface area contributed by atoms with Crippen LogP contribution in [-0.2, 0) is 5.41 Å². The Morgan fingerprint density at radius 3 is 2.52 bits per heavy atom. The van der Waals surface area contributed by atoms with Crippen LogP contribution in [0.2, 0.25) is 5.02 Å². The molecule has 0 aliphatic heterocycles. The number of halogens is 1. The van der Waals surface area contributed by atoms with Gasteiger partial charge in [-0.2, -0.15) is 4.98 Å². The highest BCUT2D eigenvalue weighted by atomic mass is 35.5. The van der Waals surface area contributed by atoms with E-state index in [0.29, 0.717) is 27.7 Å². The first-order chi connectivity index (χ1) is 14.8. The lowest BCUT2D eigenvalue weighted by Gasteiger charge is -2.15. The van der Waals surface area contributed by atoms with Gasteiger partial charge in [-0.1, -0.05) is 55.4 Å². The van der Waals surface area contributed by atoms with Gasteiger partial charge in [0.05, 0.1) is 10.9 Å². The summed E-state index contributed by atoms with van der Waals surface area (Å²) in [7, 11) is 0. The molecule has 0 saturated carbocycles. The maximum atomic E-state index is 6.42. The summed E-state index contributed by atoms with van der Waals surface area (Å²) in [6, 6.07) is 9.62. The Morgan fingerprint density at radius 1 is 1.10 bits per heavy atom. The quantitative estimate of drug-likeness (QED) is 0.351. The van der Waals surface area contributed by atoms with Crippen LogP contribution in [0, 0.1) is 6.92 Å². The van der Waals surface area contributed by atoms with Crippen LogP contribution in [0.1, 0.15) is 50.2 Å².